The molecule has 0 amide bonds. The van der Waals surface area contributed by atoms with E-state index in [-0.39, 0.29) is 12.2 Å². The van der Waals surface area contributed by atoms with Crippen molar-refractivity contribution in [1.82, 2.24) is 10.2 Å². The highest BCUT2D eigenvalue weighted by Crippen LogP contribution is 2.19. The first-order valence-electron chi connectivity index (χ1n) is 7.98. The topological polar surface area (TPSA) is 33.7 Å². The van der Waals surface area contributed by atoms with Crippen LogP contribution in [0.1, 0.15) is 26.3 Å². The molecule has 21 heavy (non-hydrogen) atoms. The average Bonchev–Trinajstić information content (AvgIpc) is 2.49. The third kappa shape index (κ3) is 5.30. The molecule has 1 aliphatic heterocycles. The summed E-state index contributed by atoms with van der Waals surface area (Å²) in [5.74, 6) is 0.972. The highest BCUT2D eigenvalue weighted by Gasteiger charge is 2.18. The third-order valence-electron chi connectivity index (χ3n) is 3.69. The first-order chi connectivity index (χ1) is 10.2. The van der Waals surface area contributed by atoms with Gasteiger partial charge in [0.15, 0.2) is 0 Å². The molecule has 2 rings (SSSR count). The van der Waals surface area contributed by atoms with Crippen LogP contribution < -0.4 is 10.1 Å². The average molecular weight is 292 g/mol. The van der Waals surface area contributed by atoms with Gasteiger partial charge in [-0.3, -0.25) is 4.90 Å². The quantitative estimate of drug-likeness (QED) is 0.836. The zero-order valence-electron chi connectivity index (χ0n) is 13.5. The number of hydrogen-bond donors (Lipinski definition) is 1. The summed E-state index contributed by atoms with van der Waals surface area (Å²) in [5.41, 5.74) is 1.20. The molecule has 1 heterocycles. The fraction of sp³-hybridized carbons (Fsp3) is 0.647. The van der Waals surface area contributed by atoms with Gasteiger partial charge in [0.25, 0.3) is 0 Å². The van der Waals surface area contributed by atoms with E-state index in [0.717, 1.165) is 45.1 Å². The Labute approximate surface area is 128 Å². The Morgan fingerprint density at radius 2 is 2.19 bits per heavy atom. The Hall–Kier alpha value is -1.10. The van der Waals surface area contributed by atoms with Crippen LogP contribution in [0.25, 0.3) is 0 Å². The number of rotatable bonds is 7. The number of ether oxygens (including phenoxy) is 2. The fourth-order valence-electron chi connectivity index (χ4n) is 2.58. The molecule has 1 unspecified atom stereocenters. The van der Waals surface area contributed by atoms with Gasteiger partial charge in [-0.2, -0.15) is 0 Å². The number of nitrogens with one attached hydrogen (secondary N) is 1. The van der Waals surface area contributed by atoms with Crippen molar-refractivity contribution >= 4 is 0 Å². The molecule has 0 aromatic heterocycles. The van der Waals surface area contributed by atoms with Gasteiger partial charge in [-0.15, -0.1) is 0 Å². The van der Waals surface area contributed by atoms with E-state index < -0.39 is 0 Å². The van der Waals surface area contributed by atoms with Gasteiger partial charge in [0.1, 0.15) is 5.75 Å². The minimum atomic E-state index is 0.200. The lowest BCUT2D eigenvalue weighted by atomic mass is 10.2. The van der Waals surface area contributed by atoms with Crippen molar-refractivity contribution in [3.8, 4) is 5.75 Å². The van der Waals surface area contributed by atoms with Crippen LogP contribution >= 0.6 is 0 Å². The summed E-state index contributed by atoms with van der Waals surface area (Å²) in [4.78, 5) is 2.44. The number of benzene rings is 1. The standard InChI is InChI=1S/C17H28N2O2/c1-4-19-9-10-20-16(13-19)12-18-11-15-7-5-6-8-17(15)21-14(2)3/h5-8,14,16,18H,4,9-13H2,1-3H3. The molecule has 118 valence electrons. The highest BCUT2D eigenvalue weighted by molar-refractivity contribution is 5.33. The molecule has 1 aromatic rings. The molecule has 0 saturated carbocycles. The van der Waals surface area contributed by atoms with Gasteiger partial charge in [-0.05, 0) is 26.5 Å². The molecule has 1 fully saturated rings. The predicted molar refractivity (Wildman–Crippen MR) is 85.8 cm³/mol. The molecule has 1 atom stereocenters. The van der Waals surface area contributed by atoms with Crippen LogP contribution in [0.15, 0.2) is 24.3 Å². The lowest BCUT2D eigenvalue weighted by molar-refractivity contribution is -0.0254. The minimum Gasteiger partial charge on any atom is -0.491 e. The highest BCUT2D eigenvalue weighted by atomic mass is 16.5. The van der Waals surface area contributed by atoms with Crippen LogP contribution in [0, 0.1) is 0 Å². The summed E-state index contributed by atoms with van der Waals surface area (Å²) in [6.07, 6.45) is 0.489. The molecule has 1 aromatic carbocycles. The van der Waals surface area contributed by atoms with E-state index in [2.05, 4.69) is 43.1 Å². The molecule has 0 aliphatic carbocycles. The molecule has 0 bridgehead atoms. The maximum Gasteiger partial charge on any atom is 0.124 e. The monoisotopic (exact) mass is 292 g/mol. The van der Waals surface area contributed by atoms with Gasteiger partial charge in [-0.1, -0.05) is 25.1 Å². The summed E-state index contributed by atoms with van der Waals surface area (Å²) in [6, 6.07) is 8.22. The van der Waals surface area contributed by atoms with Crippen LogP contribution in [0.2, 0.25) is 0 Å². The zero-order chi connectivity index (χ0) is 15.1. The molecule has 4 nitrogen and oxygen atoms in total. The summed E-state index contributed by atoms with van der Waals surface area (Å²) in [7, 11) is 0. The summed E-state index contributed by atoms with van der Waals surface area (Å²) in [6.45, 7) is 12.0. The molecule has 0 spiro atoms. The second-order valence-corrected chi connectivity index (χ2v) is 5.79. The first kappa shape index (κ1) is 16.3. The van der Waals surface area contributed by atoms with Crippen LogP contribution in [0.5, 0.6) is 5.75 Å². The van der Waals surface area contributed by atoms with E-state index in [0.29, 0.717) is 0 Å². The maximum atomic E-state index is 5.84. The van der Waals surface area contributed by atoms with Crippen molar-refractivity contribution < 1.29 is 9.47 Å². The Balaban J connectivity index is 1.80. The molecule has 1 aliphatic rings. The van der Waals surface area contributed by atoms with E-state index in [1.54, 1.807) is 0 Å². The molecule has 4 heteroatoms. The van der Waals surface area contributed by atoms with Gasteiger partial charge in [0.2, 0.25) is 0 Å². The fourth-order valence-corrected chi connectivity index (χ4v) is 2.58. The van der Waals surface area contributed by atoms with E-state index in [4.69, 9.17) is 9.47 Å². The van der Waals surface area contributed by atoms with E-state index >= 15 is 0 Å². The van der Waals surface area contributed by atoms with E-state index in [1.165, 1.54) is 5.56 Å². The first-order valence-corrected chi connectivity index (χ1v) is 7.98. The lowest BCUT2D eigenvalue weighted by Gasteiger charge is -2.32. The SMILES string of the molecule is CCN1CCOC(CNCc2ccccc2OC(C)C)C1. The van der Waals surface area contributed by atoms with Crippen LogP contribution in [-0.2, 0) is 11.3 Å². The van der Waals surface area contributed by atoms with E-state index in [9.17, 15) is 0 Å². The maximum absolute atomic E-state index is 5.84. The van der Waals surface area contributed by atoms with Crippen molar-refractivity contribution in [2.75, 3.05) is 32.8 Å². The predicted octanol–water partition coefficient (Wildman–Crippen LogP) is 2.28. The third-order valence-corrected chi connectivity index (χ3v) is 3.69. The molecule has 1 saturated heterocycles. The minimum absolute atomic E-state index is 0.200. The Bertz CT molecular complexity index is 423. The second kappa shape index (κ2) is 8.37. The Kier molecular flexibility index (Phi) is 6.49. The van der Waals surface area contributed by atoms with Crippen LogP contribution in [-0.4, -0.2) is 49.9 Å². The largest absolute Gasteiger partial charge is 0.491 e. The molecule has 0 radical (unpaired) electrons. The normalized spacial score (nSPS) is 19.9. The smallest absolute Gasteiger partial charge is 0.124 e. The molecule has 1 N–H and O–H groups in total. The van der Waals surface area contributed by atoms with Crippen molar-refractivity contribution in [1.29, 1.82) is 0 Å². The number of para-hydroxylation sites is 1. The van der Waals surface area contributed by atoms with Crippen LogP contribution in [0.3, 0.4) is 0 Å². The molecular formula is C17H28N2O2. The van der Waals surface area contributed by atoms with Crippen molar-refractivity contribution in [2.24, 2.45) is 0 Å². The van der Waals surface area contributed by atoms with Gasteiger partial charge >= 0.3 is 0 Å². The number of morpholine rings is 1. The molecular weight excluding hydrogens is 264 g/mol. The Morgan fingerprint density at radius 1 is 1.38 bits per heavy atom. The Morgan fingerprint density at radius 3 is 2.95 bits per heavy atom. The van der Waals surface area contributed by atoms with Gasteiger partial charge < -0.3 is 14.8 Å². The lowest BCUT2D eigenvalue weighted by Crippen LogP contribution is -2.46. The zero-order valence-corrected chi connectivity index (χ0v) is 13.5. The summed E-state index contributed by atoms with van der Waals surface area (Å²) >= 11 is 0. The second-order valence-electron chi connectivity index (χ2n) is 5.79. The van der Waals surface area contributed by atoms with Crippen molar-refractivity contribution in [2.45, 2.75) is 39.5 Å². The van der Waals surface area contributed by atoms with Gasteiger partial charge in [-0.25, -0.2) is 0 Å². The van der Waals surface area contributed by atoms with Gasteiger partial charge in [0.05, 0.1) is 18.8 Å². The van der Waals surface area contributed by atoms with E-state index in [1.807, 2.05) is 12.1 Å². The van der Waals surface area contributed by atoms with Crippen LogP contribution in [0.4, 0.5) is 0 Å². The van der Waals surface area contributed by atoms with Crippen molar-refractivity contribution in [3.63, 3.8) is 0 Å². The summed E-state index contributed by atoms with van der Waals surface area (Å²) in [5, 5.41) is 3.50. The number of hydrogen-bond acceptors (Lipinski definition) is 4. The summed E-state index contributed by atoms with van der Waals surface area (Å²) < 4.78 is 11.7. The van der Waals surface area contributed by atoms with Gasteiger partial charge in [0, 0.05) is 31.7 Å². The van der Waals surface area contributed by atoms with Crippen molar-refractivity contribution in [3.05, 3.63) is 29.8 Å². The number of nitrogens with zero attached hydrogens (tertiary/aromatic N) is 1. The number of likely N-dealkylation sites (N-methyl/N-ethyl adjacent to an activating group) is 1.